The monoisotopic (exact) mass is 693 g/mol. The first-order valence-corrected chi connectivity index (χ1v) is 19.8. The summed E-state index contributed by atoms with van der Waals surface area (Å²) >= 11 is 0. The van der Waals surface area contributed by atoms with Crippen LogP contribution in [0.5, 0.6) is 0 Å². The second kappa shape index (κ2) is 11.5. The molecule has 5 aliphatic carbocycles. The van der Waals surface area contributed by atoms with Gasteiger partial charge in [0.05, 0.1) is 0 Å². The summed E-state index contributed by atoms with van der Waals surface area (Å²) in [5.41, 5.74) is 11.7. The lowest BCUT2D eigenvalue weighted by Crippen LogP contribution is -2.55. The fraction of sp³-hybridized carbons (Fsp3) is 0.196. The molecule has 1 aromatic heterocycles. The molecule has 0 aliphatic heterocycles. The van der Waals surface area contributed by atoms with Crippen molar-refractivity contribution >= 4 is 21.5 Å². The molecule has 0 unspecified atom stereocenters. The van der Waals surface area contributed by atoms with Gasteiger partial charge in [-0.3, -0.25) is 0 Å². The first-order chi connectivity index (χ1) is 26.7. The minimum absolute atomic E-state index is 0.200. The molecule has 8 aromatic rings. The highest BCUT2D eigenvalue weighted by Gasteiger charge is 2.61. The third-order valence-electron chi connectivity index (χ3n) is 13.6. The van der Waals surface area contributed by atoms with Crippen molar-refractivity contribution in [1.29, 1.82) is 0 Å². The molecule has 4 fully saturated rings. The smallest absolute Gasteiger partial charge is 0.164 e. The maximum atomic E-state index is 4.94. The molecule has 0 amide bonds. The molecule has 0 atom stereocenters. The highest BCUT2D eigenvalue weighted by molar-refractivity contribution is 6.03. The average molecular weight is 694 g/mol. The highest BCUT2D eigenvalue weighted by atomic mass is 15.0. The van der Waals surface area contributed by atoms with Crippen LogP contribution in [0.2, 0.25) is 0 Å². The van der Waals surface area contributed by atoms with E-state index in [2.05, 4.69) is 91.0 Å². The Bertz CT molecular complexity index is 2680. The van der Waals surface area contributed by atoms with Crippen molar-refractivity contribution < 1.29 is 0 Å². The van der Waals surface area contributed by atoms with Gasteiger partial charge in [0.25, 0.3) is 0 Å². The average Bonchev–Trinajstić information content (AvgIpc) is 3.50. The summed E-state index contributed by atoms with van der Waals surface area (Å²) in [6, 6.07) is 55.4. The van der Waals surface area contributed by atoms with Gasteiger partial charge in [-0.15, -0.1) is 0 Å². The standard InChI is InChI=1S/C51H39N3/c1-3-9-34(10-4-1)48-52-49(35-11-5-2-6-12-35)54-50(53-48)36-17-15-33(16-18-36)37-19-20-38-27-41-30-47-45(29-40(41)28-39(38)26-37)44-13-7-8-14-46(44)51(47)42-22-31-21-32(24-42)25-43(51)23-31/h1-20,26-32,42-43H,21-25H2. The van der Waals surface area contributed by atoms with Gasteiger partial charge in [0, 0.05) is 22.1 Å². The third kappa shape index (κ3) is 4.51. The minimum Gasteiger partial charge on any atom is -0.208 e. The van der Waals surface area contributed by atoms with Gasteiger partial charge in [0.2, 0.25) is 0 Å². The summed E-state index contributed by atoms with van der Waals surface area (Å²) in [6.07, 6.45) is 7.15. The first kappa shape index (κ1) is 30.5. The van der Waals surface area contributed by atoms with E-state index in [-0.39, 0.29) is 5.41 Å². The Kier molecular flexibility index (Phi) is 6.52. The number of fused-ring (bicyclic) bond motifs is 5. The van der Waals surface area contributed by atoms with Crippen molar-refractivity contribution in [2.24, 2.45) is 23.7 Å². The van der Waals surface area contributed by atoms with Crippen molar-refractivity contribution in [3.63, 3.8) is 0 Å². The lowest BCUT2D eigenvalue weighted by Gasteiger charge is -2.61. The molecule has 3 nitrogen and oxygen atoms in total. The topological polar surface area (TPSA) is 38.7 Å². The molecule has 0 saturated heterocycles. The fourth-order valence-corrected chi connectivity index (χ4v) is 11.6. The van der Waals surface area contributed by atoms with E-state index >= 15 is 0 Å². The Hall–Kier alpha value is -5.93. The first-order valence-electron chi connectivity index (χ1n) is 19.8. The summed E-state index contributed by atoms with van der Waals surface area (Å²) in [6.45, 7) is 0. The van der Waals surface area contributed by atoms with Crippen LogP contribution in [0.15, 0.2) is 152 Å². The Morgan fingerprint density at radius 1 is 0.352 bits per heavy atom. The van der Waals surface area contributed by atoms with E-state index in [1.54, 1.807) is 11.1 Å². The molecular formula is C51H39N3. The Morgan fingerprint density at radius 3 is 1.50 bits per heavy atom. The zero-order valence-electron chi connectivity index (χ0n) is 30.1. The van der Waals surface area contributed by atoms with E-state index < -0.39 is 0 Å². The molecule has 13 rings (SSSR count). The van der Waals surface area contributed by atoms with Crippen LogP contribution in [0, 0.1) is 23.7 Å². The summed E-state index contributed by atoms with van der Waals surface area (Å²) < 4.78 is 0. The minimum atomic E-state index is 0.200. The summed E-state index contributed by atoms with van der Waals surface area (Å²) in [7, 11) is 0. The van der Waals surface area contributed by atoms with Crippen LogP contribution in [0.3, 0.4) is 0 Å². The molecule has 1 spiro atoms. The molecule has 1 heterocycles. The number of rotatable bonds is 4. The molecule has 3 heteroatoms. The molecule has 0 N–H and O–H groups in total. The second-order valence-electron chi connectivity index (χ2n) is 16.5. The molecule has 4 bridgehead atoms. The number of aromatic nitrogens is 3. The molecule has 54 heavy (non-hydrogen) atoms. The van der Waals surface area contributed by atoms with Gasteiger partial charge >= 0.3 is 0 Å². The van der Waals surface area contributed by atoms with E-state index in [1.165, 1.54) is 75.9 Å². The quantitative estimate of drug-likeness (QED) is 0.172. The van der Waals surface area contributed by atoms with Crippen molar-refractivity contribution in [3.8, 4) is 56.4 Å². The van der Waals surface area contributed by atoms with Crippen molar-refractivity contribution in [2.45, 2.75) is 37.5 Å². The van der Waals surface area contributed by atoms with E-state index in [9.17, 15) is 0 Å². The molecule has 0 radical (unpaired) electrons. The van der Waals surface area contributed by atoms with E-state index in [4.69, 9.17) is 15.0 Å². The highest BCUT2D eigenvalue weighted by Crippen LogP contribution is 2.69. The lowest BCUT2D eigenvalue weighted by molar-refractivity contribution is -0.0399. The second-order valence-corrected chi connectivity index (χ2v) is 16.5. The zero-order chi connectivity index (χ0) is 35.4. The molecular weight excluding hydrogens is 655 g/mol. The van der Waals surface area contributed by atoms with Crippen molar-refractivity contribution in [1.82, 2.24) is 15.0 Å². The van der Waals surface area contributed by atoms with Crippen LogP contribution in [0.4, 0.5) is 0 Å². The van der Waals surface area contributed by atoms with Gasteiger partial charge in [0.15, 0.2) is 17.5 Å². The normalized spacial score (nSPS) is 23.3. The van der Waals surface area contributed by atoms with Crippen LogP contribution in [-0.2, 0) is 5.41 Å². The number of hydrogen-bond acceptors (Lipinski definition) is 3. The third-order valence-corrected chi connectivity index (χ3v) is 13.6. The molecule has 5 aliphatic rings. The zero-order valence-corrected chi connectivity index (χ0v) is 30.1. The summed E-state index contributed by atoms with van der Waals surface area (Å²) in [5, 5.41) is 5.28. The van der Waals surface area contributed by atoms with Gasteiger partial charge in [-0.25, -0.2) is 15.0 Å². The van der Waals surface area contributed by atoms with E-state index in [1.807, 2.05) is 60.7 Å². The van der Waals surface area contributed by atoms with Crippen molar-refractivity contribution in [2.75, 3.05) is 0 Å². The summed E-state index contributed by atoms with van der Waals surface area (Å²) in [5.74, 6) is 5.49. The lowest BCUT2D eigenvalue weighted by atomic mass is 9.43. The van der Waals surface area contributed by atoms with Crippen LogP contribution in [-0.4, -0.2) is 15.0 Å². The van der Waals surface area contributed by atoms with Gasteiger partial charge < -0.3 is 0 Å². The maximum absolute atomic E-state index is 4.94. The van der Waals surface area contributed by atoms with E-state index in [0.29, 0.717) is 17.5 Å². The number of nitrogens with zero attached hydrogens (tertiary/aromatic N) is 3. The molecule has 7 aromatic carbocycles. The largest absolute Gasteiger partial charge is 0.208 e. The predicted octanol–water partition coefficient (Wildman–Crippen LogP) is 12.6. The van der Waals surface area contributed by atoms with Gasteiger partial charge in [-0.2, -0.15) is 0 Å². The van der Waals surface area contributed by atoms with Crippen LogP contribution in [0.1, 0.15) is 43.2 Å². The maximum Gasteiger partial charge on any atom is 0.164 e. The summed E-state index contributed by atoms with van der Waals surface area (Å²) in [4.78, 5) is 14.7. The van der Waals surface area contributed by atoms with Crippen LogP contribution < -0.4 is 0 Å². The SMILES string of the molecule is c1ccc(-c2nc(-c3ccccc3)nc(-c3ccc(-c4ccc5cc6cc7c(cc6cc5c4)-c4ccccc4C74C5CC6CC(C5)CC4C6)cc3)n2)cc1. The fourth-order valence-electron chi connectivity index (χ4n) is 11.6. The number of hydrogen-bond donors (Lipinski definition) is 0. The van der Waals surface area contributed by atoms with Crippen LogP contribution in [0.25, 0.3) is 78.0 Å². The molecule has 4 saturated carbocycles. The Morgan fingerprint density at radius 2 is 0.852 bits per heavy atom. The Labute approximate surface area is 315 Å². The number of benzene rings is 7. The van der Waals surface area contributed by atoms with Crippen molar-refractivity contribution in [3.05, 3.63) is 163 Å². The van der Waals surface area contributed by atoms with Gasteiger partial charge in [-0.1, -0.05) is 121 Å². The van der Waals surface area contributed by atoms with Gasteiger partial charge in [-0.05, 0) is 141 Å². The van der Waals surface area contributed by atoms with E-state index in [0.717, 1.165) is 40.4 Å². The molecule has 258 valence electrons. The van der Waals surface area contributed by atoms with Gasteiger partial charge in [0.1, 0.15) is 0 Å². The predicted molar refractivity (Wildman–Crippen MR) is 220 cm³/mol. The van der Waals surface area contributed by atoms with Crippen LogP contribution >= 0.6 is 0 Å². The Balaban J connectivity index is 0.920.